The van der Waals surface area contributed by atoms with Crippen molar-refractivity contribution in [2.45, 2.75) is 32.6 Å². The zero-order chi connectivity index (χ0) is 13.9. The van der Waals surface area contributed by atoms with Crippen LogP contribution >= 0.6 is 0 Å². The van der Waals surface area contributed by atoms with E-state index in [1.165, 1.54) is 19.3 Å². The normalized spacial score (nSPS) is 10.0. The summed E-state index contributed by atoms with van der Waals surface area (Å²) in [7, 11) is 1.62. The van der Waals surface area contributed by atoms with Crippen LogP contribution in [0.2, 0.25) is 0 Å². The molecule has 1 rings (SSSR count). The maximum atomic E-state index is 11.1. The smallest absolute Gasteiger partial charge is 0.239 e. The number of benzene rings is 1. The standard InChI is InChI=1S/C15H24N2O2/c1-3-4-5-6-11-19-14-9-7-13(8-10-14)17-12-15(18)16-2/h7-10,17H,3-6,11-12H2,1-2H3,(H,16,18). The van der Waals surface area contributed by atoms with Crippen LogP contribution in [0.5, 0.6) is 5.75 Å². The fourth-order valence-electron chi connectivity index (χ4n) is 1.66. The van der Waals surface area contributed by atoms with Gasteiger partial charge in [0.25, 0.3) is 0 Å². The lowest BCUT2D eigenvalue weighted by Crippen LogP contribution is -2.26. The van der Waals surface area contributed by atoms with Crippen molar-refractivity contribution < 1.29 is 9.53 Å². The van der Waals surface area contributed by atoms with Gasteiger partial charge in [0.1, 0.15) is 5.75 Å². The largest absolute Gasteiger partial charge is 0.494 e. The fourth-order valence-corrected chi connectivity index (χ4v) is 1.66. The second-order valence-electron chi connectivity index (χ2n) is 4.46. The molecule has 0 fully saturated rings. The number of anilines is 1. The van der Waals surface area contributed by atoms with E-state index in [0.29, 0.717) is 0 Å². The van der Waals surface area contributed by atoms with Crippen molar-refractivity contribution in [1.29, 1.82) is 0 Å². The molecular formula is C15H24N2O2. The van der Waals surface area contributed by atoms with Gasteiger partial charge < -0.3 is 15.4 Å². The Morgan fingerprint density at radius 2 is 1.89 bits per heavy atom. The molecule has 0 heterocycles. The molecule has 0 saturated heterocycles. The van der Waals surface area contributed by atoms with Gasteiger partial charge in [-0.15, -0.1) is 0 Å². The van der Waals surface area contributed by atoms with Gasteiger partial charge in [0.05, 0.1) is 13.2 Å². The highest BCUT2D eigenvalue weighted by Crippen LogP contribution is 2.16. The van der Waals surface area contributed by atoms with Gasteiger partial charge in [0, 0.05) is 12.7 Å². The first kappa shape index (κ1) is 15.3. The molecule has 0 aliphatic carbocycles. The molecule has 0 aliphatic heterocycles. The minimum absolute atomic E-state index is 0.0312. The fraction of sp³-hybridized carbons (Fsp3) is 0.533. The third-order valence-electron chi connectivity index (χ3n) is 2.85. The molecular weight excluding hydrogens is 240 g/mol. The van der Waals surface area contributed by atoms with Gasteiger partial charge >= 0.3 is 0 Å². The SMILES string of the molecule is CCCCCCOc1ccc(NCC(=O)NC)cc1. The molecule has 0 aliphatic rings. The number of hydrogen-bond acceptors (Lipinski definition) is 3. The van der Waals surface area contributed by atoms with Gasteiger partial charge in [-0.2, -0.15) is 0 Å². The van der Waals surface area contributed by atoms with Gasteiger partial charge in [0.2, 0.25) is 5.91 Å². The van der Waals surface area contributed by atoms with Crippen LogP contribution in [0.4, 0.5) is 5.69 Å². The van der Waals surface area contributed by atoms with Crippen molar-refractivity contribution in [2.24, 2.45) is 0 Å². The predicted molar refractivity (Wildman–Crippen MR) is 78.6 cm³/mol. The lowest BCUT2D eigenvalue weighted by Gasteiger charge is -2.08. The van der Waals surface area contributed by atoms with Crippen LogP contribution in [0, 0.1) is 0 Å². The minimum atomic E-state index is -0.0312. The number of unbranched alkanes of at least 4 members (excludes halogenated alkanes) is 3. The average Bonchev–Trinajstić information content (AvgIpc) is 2.45. The topological polar surface area (TPSA) is 50.4 Å². The quantitative estimate of drug-likeness (QED) is 0.674. The monoisotopic (exact) mass is 264 g/mol. The Morgan fingerprint density at radius 1 is 1.16 bits per heavy atom. The summed E-state index contributed by atoms with van der Waals surface area (Å²) < 4.78 is 5.65. The van der Waals surface area contributed by atoms with Crippen LogP contribution < -0.4 is 15.4 Å². The maximum Gasteiger partial charge on any atom is 0.239 e. The molecule has 2 N–H and O–H groups in total. The lowest BCUT2D eigenvalue weighted by atomic mass is 10.2. The lowest BCUT2D eigenvalue weighted by molar-refractivity contribution is -0.118. The predicted octanol–water partition coefficient (Wildman–Crippen LogP) is 2.80. The molecule has 4 heteroatoms. The number of carbonyl (C=O) groups is 1. The Balaban J connectivity index is 2.25. The van der Waals surface area contributed by atoms with E-state index < -0.39 is 0 Å². The van der Waals surface area contributed by atoms with Crippen LogP contribution in [0.25, 0.3) is 0 Å². The molecule has 4 nitrogen and oxygen atoms in total. The number of likely N-dealkylation sites (N-methyl/N-ethyl adjacent to an activating group) is 1. The van der Waals surface area contributed by atoms with E-state index in [2.05, 4.69) is 17.6 Å². The average molecular weight is 264 g/mol. The second kappa shape index (κ2) is 9.25. The van der Waals surface area contributed by atoms with Crippen molar-refractivity contribution in [1.82, 2.24) is 5.32 Å². The van der Waals surface area contributed by atoms with Crippen molar-refractivity contribution in [3.63, 3.8) is 0 Å². The molecule has 19 heavy (non-hydrogen) atoms. The van der Waals surface area contributed by atoms with Crippen LogP contribution in [-0.2, 0) is 4.79 Å². The number of nitrogens with one attached hydrogen (secondary N) is 2. The number of hydrogen-bond donors (Lipinski definition) is 2. The highest BCUT2D eigenvalue weighted by molar-refractivity contribution is 5.80. The molecule has 0 saturated carbocycles. The van der Waals surface area contributed by atoms with Gasteiger partial charge in [-0.05, 0) is 30.7 Å². The minimum Gasteiger partial charge on any atom is -0.494 e. The maximum absolute atomic E-state index is 11.1. The molecule has 0 radical (unpaired) electrons. The van der Waals surface area contributed by atoms with Gasteiger partial charge in [-0.25, -0.2) is 0 Å². The summed E-state index contributed by atoms with van der Waals surface area (Å²) in [5.74, 6) is 0.846. The first-order chi connectivity index (χ1) is 9.26. The molecule has 0 bridgehead atoms. The van der Waals surface area contributed by atoms with Crippen molar-refractivity contribution in [3.05, 3.63) is 24.3 Å². The highest BCUT2D eigenvalue weighted by Gasteiger charge is 1.98. The zero-order valence-electron chi connectivity index (χ0n) is 11.9. The molecule has 0 unspecified atom stereocenters. The van der Waals surface area contributed by atoms with E-state index in [-0.39, 0.29) is 12.5 Å². The number of rotatable bonds is 9. The van der Waals surface area contributed by atoms with Gasteiger partial charge in [-0.1, -0.05) is 26.2 Å². The number of ether oxygens (including phenoxy) is 1. The molecule has 0 aromatic heterocycles. The Hall–Kier alpha value is -1.71. The van der Waals surface area contributed by atoms with Crippen LogP contribution in [0.1, 0.15) is 32.6 Å². The van der Waals surface area contributed by atoms with Crippen molar-refractivity contribution in [3.8, 4) is 5.75 Å². The van der Waals surface area contributed by atoms with Crippen molar-refractivity contribution >= 4 is 11.6 Å². The highest BCUT2D eigenvalue weighted by atomic mass is 16.5. The summed E-state index contributed by atoms with van der Waals surface area (Å²) in [6.45, 7) is 3.25. The summed E-state index contributed by atoms with van der Waals surface area (Å²) in [6.07, 6.45) is 4.84. The summed E-state index contributed by atoms with van der Waals surface area (Å²) in [4.78, 5) is 11.1. The third-order valence-corrected chi connectivity index (χ3v) is 2.85. The third kappa shape index (κ3) is 6.70. The van der Waals surface area contributed by atoms with Crippen molar-refractivity contribution in [2.75, 3.05) is 25.5 Å². The first-order valence-electron chi connectivity index (χ1n) is 6.93. The summed E-state index contributed by atoms with van der Waals surface area (Å²) in [5.41, 5.74) is 0.918. The molecule has 0 atom stereocenters. The first-order valence-corrected chi connectivity index (χ1v) is 6.93. The van der Waals surface area contributed by atoms with E-state index in [1.807, 2.05) is 24.3 Å². The van der Waals surface area contributed by atoms with Gasteiger partial charge in [-0.3, -0.25) is 4.79 Å². The number of amides is 1. The van der Waals surface area contributed by atoms with E-state index in [1.54, 1.807) is 7.05 Å². The van der Waals surface area contributed by atoms with E-state index in [4.69, 9.17) is 4.74 Å². The van der Waals surface area contributed by atoms with Crippen LogP contribution in [-0.4, -0.2) is 26.1 Å². The molecule has 1 amide bonds. The summed E-state index contributed by atoms with van der Waals surface area (Å²) in [6, 6.07) is 7.69. The molecule has 1 aromatic carbocycles. The Labute approximate surface area is 115 Å². The Kier molecular flexibility index (Phi) is 7.47. The van der Waals surface area contributed by atoms with E-state index in [0.717, 1.165) is 24.5 Å². The van der Waals surface area contributed by atoms with Crippen LogP contribution in [0.3, 0.4) is 0 Å². The summed E-state index contributed by atoms with van der Waals surface area (Å²) >= 11 is 0. The van der Waals surface area contributed by atoms with E-state index >= 15 is 0 Å². The van der Waals surface area contributed by atoms with E-state index in [9.17, 15) is 4.79 Å². The number of carbonyl (C=O) groups excluding carboxylic acids is 1. The zero-order valence-corrected chi connectivity index (χ0v) is 11.9. The Bertz CT molecular complexity index is 363. The molecule has 1 aromatic rings. The van der Waals surface area contributed by atoms with Crippen LogP contribution in [0.15, 0.2) is 24.3 Å². The Morgan fingerprint density at radius 3 is 2.53 bits per heavy atom. The molecule has 106 valence electrons. The van der Waals surface area contributed by atoms with Gasteiger partial charge in [0.15, 0.2) is 0 Å². The summed E-state index contributed by atoms with van der Waals surface area (Å²) in [5, 5.41) is 5.60. The second-order valence-corrected chi connectivity index (χ2v) is 4.46. The molecule has 0 spiro atoms.